The zero-order valence-corrected chi connectivity index (χ0v) is 6.96. The molecule has 1 rings (SSSR count). The Bertz CT molecular complexity index is 287. The standard InChI is InChI=1S/C8H10O4/c1-5-3-6(4-11-2)12-7(5)8(9)10/h3H,4H2,1-2H3,(H,9,10). The van der Waals surface area contributed by atoms with Gasteiger partial charge < -0.3 is 14.3 Å². The summed E-state index contributed by atoms with van der Waals surface area (Å²) in [7, 11) is 1.53. The Morgan fingerprint density at radius 3 is 2.83 bits per heavy atom. The molecule has 0 aliphatic rings. The van der Waals surface area contributed by atoms with Crippen molar-refractivity contribution < 1.29 is 19.1 Å². The molecule has 1 heterocycles. The highest BCUT2D eigenvalue weighted by Gasteiger charge is 2.13. The molecule has 0 atom stereocenters. The molecule has 0 bridgehead atoms. The van der Waals surface area contributed by atoms with Crippen LogP contribution in [-0.2, 0) is 11.3 Å². The highest BCUT2D eigenvalue weighted by molar-refractivity contribution is 5.86. The SMILES string of the molecule is COCc1cc(C)c(C(=O)O)o1. The van der Waals surface area contributed by atoms with Crippen molar-refractivity contribution in [1.82, 2.24) is 0 Å². The maximum atomic E-state index is 10.5. The minimum Gasteiger partial charge on any atom is -0.475 e. The van der Waals surface area contributed by atoms with Gasteiger partial charge in [-0.1, -0.05) is 0 Å². The fraction of sp³-hybridized carbons (Fsp3) is 0.375. The van der Waals surface area contributed by atoms with Crippen molar-refractivity contribution in [3.8, 4) is 0 Å². The fourth-order valence-electron chi connectivity index (χ4n) is 0.974. The summed E-state index contributed by atoms with van der Waals surface area (Å²) in [4.78, 5) is 10.5. The zero-order chi connectivity index (χ0) is 9.14. The van der Waals surface area contributed by atoms with Crippen LogP contribution in [0.15, 0.2) is 10.5 Å². The van der Waals surface area contributed by atoms with E-state index in [1.807, 2.05) is 0 Å². The van der Waals surface area contributed by atoms with Gasteiger partial charge in [-0.15, -0.1) is 0 Å². The van der Waals surface area contributed by atoms with Gasteiger partial charge in [0, 0.05) is 12.7 Å². The van der Waals surface area contributed by atoms with Gasteiger partial charge in [0.15, 0.2) is 0 Å². The van der Waals surface area contributed by atoms with E-state index in [0.717, 1.165) is 0 Å². The summed E-state index contributed by atoms with van der Waals surface area (Å²) in [5.74, 6) is -0.524. The monoisotopic (exact) mass is 170 g/mol. The van der Waals surface area contributed by atoms with Crippen LogP contribution in [0.1, 0.15) is 21.9 Å². The number of hydrogen-bond acceptors (Lipinski definition) is 3. The Balaban J connectivity index is 2.92. The van der Waals surface area contributed by atoms with E-state index in [0.29, 0.717) is 17.9 Å². The molecule has 0 fully saturated rings. The van der Waals surface area contributed by atoms with Crippen molar-refractivity contribution >= 4 is 5.97 Å². The van der Waals surface area contributed by atoms with Crippen molar-refractivity contribution in [3.63, 3.8) is 0 Å². The van der Waals surface area contributed by atoms with Crippen LogP contribution in [0.25, 0.3) is 0 Å². The van der Waals surface area contributed by atoms with Gasteiger partial charge in [0.2, 0.25) is 5.76 Å². The Labute approximate surface area is 69.8 Å². The van der Waals surface area contributed by atoms with E-state index < -0.39 is 5.97 Å². The van der Waals surface area contributed by atoms with Crippen LogP contribution >= 0.6 is 0 Å². The highest BCUT2D eigenvalue weighted by atomic mass is 16.5. The summed E-state index contributed by atoms with van der Waals surface area (Å²) in [6, 6.07) is 1.66. The molecule has 0 aromatic carbocycles. The quantitative estimate of drug-likeness (QED) is 0.745. The van der Waals surface area contributed by atoms with E-state index in [1.54, 1.807) is 13.0 Å². The Kier molecular flexibility index (Phi) is 2.50. The molecule has 0 amide bonds. The van der Waals surface area contributed by atoms with Gasteiger partial charge in [-0.25, -0.2) is 4.79 Å². The first-order valence-electron chi connectivity index (χ1n) is 3.46. The number of carboxylic acids is 1. The second-order valence-corrected chi connectivity index (χ2v) is 2.46. The van der Waals surface area contributed by atoms with Gasteiger partial charge in [0.05, 0.1) is 0 Å². The van der Waals surface area contributed by atoms with Crippen LogP contribution in [-0.4, -0.2) is 18.2 Å². The van der Waals surface area contributed by atoms with Gasteiger partial charge in [-0.3, -0.25) is 0 Å². The molecule has 0 saturated carbocycles. The Hall–Kier alpha value is -1.29. The van der Waals surface area contributed by atoms with E-state index in [-0.39, 0.29) is 5.76 Å². The largest absolute Gasteiger partial charge is 0.475 e. The van der Waals surface area contributed by atoms with Crippen molar-refractivity contribution in [2.45, 2.75) is 13.5 Å². The summed E-state index contributed by atoms with van der Waals surface area (Å²) < 4.78 is 9.78. The van der Waals surface area contributed by atoms with E-state index >= 15 is 0 Å². The van der Waals surface area contributed by atoms with Crippen LogP contribution in [0.4, 0.5) is 0 Å². The summed E-state index contributed by atoms with van der Waals surface area (Å²) in [5.41, 5.74) is 0.620. The maximum Gasteiger partial charge on any atom is 0.372 e. The molecule has 0 radical (unpaired) electrons. The van der Waals surface area contributed by atoms with Crippen LogP contribution < -0.4 is 0 Å². The van der Waals surface area contributed by atoms with E-state index in [2.05, 4.69) is 0 Å². The number of hydrogen-bond donors (Lipinski definition) is 1. The average Bonchev–Trinajstić information content (AvgIpc) is 2.32. The molecule has 0 unspecified atom stereocenters. The number of carbonyl (C=O) groups is 1. The highest BCUT2D eigenvalue weighted by Crippen LogP contribution is 2.14. The molecule has 0 aliphatic carbocycles. The van der Waals surface area contributed by atoms with Gasteiger partial charge >= 0.3 is 5.97 Å². The van der Waals surface area contributed by atoms with Gasteiger partial charge in [0.1, 0.15) is 12.4 Å². The van der Waals surface area contributed by atoms with Crippen molar-refractivity contribution in [2.75, 3.05) is 7.11 Å². The number of aryl methyl sites for hydroxylation is 1. The third-order valence-electron chi connectivity index (χ3n) is 1.45. The predicted octanol–water partition coefficient (Wildman–Crippen LogP) is 1.43. The molecular weight excluding hydrogens is 160 g/mol. The lowest BCUT2D eigenvalue weighted by Crippen LogP contribution is -1.95. The van der Waals surface area contributed by atoms with Crippen LogP contribution in [0.5, 0.6) is 0 Å². The first-order chi connectivity index (χ1) is 5.65. The Morgan fingerprint density at radius 1 is 1.75 bits per heavy atom. The van der Waals surface area contributed by atoms with Gasteiger partial charge in [-0.05, 0) is 13.0 Å². The molecule has 0 spiro atoms. The summed E-state index contributed by atoms with van der Waals surface area (Å²) in [5, 5.41) is 8.61. The third-order valence-corrected chi connectivity index (χ3v) is 1.45. The lowest BCUT2D eigenvalue weighted by molar-refractivity contribution is 0.0653. The van der Waals surface area contributed by atoms with Crippen molar-refractivity contribution in [3.05, 3.63) is 23.2 Å². The number of rotatable bonds is 3. The lowest BCUT2D eigenvalue weighted by Gasteiger charge is -1.91. The molecular formula is C8H10O4. The van der Waals surface area contributed by atoms with E-state index in [9.17, 15) is 4.79 Å². The molecule has 1 N–H and O–H groups in total. The molecule has 4 nitrogen and oxygen atoms in total. The summed E-state index contributed by atoms with van der Waals surface area (Å²) in [6.07, 6.45) is 0. The Morgan fingerprint density at radius 2 is 2.42 bits per heavy atom. The molecule has 1 aromatic heterocycles. The molecule has 0 saturated heterocycles. The maximum absolute atomic E-state index is 10.5. The van der Waals surface area contributed by atoms with Crippen molar-refractivity contribution in [2.24, 2.45) is 0 Å². The topological polar surface area (TPSA) is 59.7 Å². The van der Waals surface area contributed by atoms with Crippen LogP contribution in [0.3, 0.4) is 0 Å². The smallest absolute Gasteiger partial charge is 0.372 e. The third kappa shape index (κ3) is 1.65. The second kappa shape index (κ2) is 3.40. The second-order valence-electron chi connectivity index (χ2n) is 2.46. The van der Waals surface area contributed by atoms with Crippen LogP contribution in [0, 0.1) is 6.92 Å². The normalized spacial score (nSPS) is 10.2. The first-order valence-corrected chi connectivity index (χ1v) is 3.46. The summed E-state index contributed by atoms with van der Waals surface area (Å²) >= 11 is 0. The number of ether oxygens (including phenoxy) is 1. The lowest BCUT2D eigenvalue weighted by atomic mass is 10.3. The van der Waals surface area contributed by atoms with Gasteiger partial charge in [0.25, 0.3) is 0 Å². The minimum atomic E-state index is -1.05. The minimum absolute atomic E-state index is 0.0120. The number of furan rings is 1. The number of aromatic carboxylic acids is 1. The summed E-state index contributed by atoms with van der Waals surface area (Å²) in [6.45, 7) is 1.99. The first kappa shape index (κ1) is 8.80. The van der Waals surface area contributed by atoms with Crippen molar-refractivity contribution in [1.29, 1.82) is 0 Å². The molecule has 4 heteroatoms. The van der Waals surface area contributed by atoms with E-state index in [4.69, 9.17) is 14.3 Å². The predicted molar refractivity (Wildman–Crippen MR) is 41.1 cm³/mol. The molecule has 0 aliphatic heterocycles. The number of methoxy groups -OCH3 is 1. The fourth-order valence-corrected chi connectivity index (χ4v) is 0.974. The average molecular weight is 170 g/mol. The zero-order valence-electron chi connectivity index (χ0n) is 6.96. The molecule has 66 valence electrons. The molecule has 1 aromatic rings. The molecule has 12 heavy (non-hydrogen) atoms. The van der Waals surface area contributed by atoms with Crippen LogP contribution in [0.2, 0.25) is 0 Å². The van der Waals surface area contributed by atoms with Gasteiger partial charge in [-0.2, -0.15) is 0 Å². The number of carboxylic acid groups (broad SMARTS) is 1. The van der Waals surface area contributed by atoms with E-state index in [1.165, 1.54) is 7.11 Å².